The smallest absolute Gasteiger partial charge is 0.138 e. The molecule has 0 saturated carbocycles. The molecule has 1 aromatic carbocycles. The van der Waals surface area contributed by atoms with Crippen LogP contribution in [0.3, 0.4) is 0 Å². The van der Waals surface area contributed by atoms with E-state index >= 15 is 0 Å². The topological polar surface area (TPSA) is 21.3 Å². The molecule has 0 aliphatic carbocycles. The number of nitrogens with one attached hydrogen (secondary N) is 1. The Balaban J connectivity index is 0.00000144. The molecule has 96 valence electrons. The third-order valence-corrected chi connectivity index (χ3v) is 3.33. The normalized spacial score (nSPS) is 16.4. The SMILES string of the molecule is Cc1ccc(Cl)c(OCC2CCNCC2)c1.Cl. The molecule has 1 aliphatic heterocycles. The molecule has 1 aromatic rings. The van der Waals surface area contributed by atoms with E-state index in [4.69, 9.17) is 16.3 Å². The predicted molar refractivity (Wildman–Crippen MR) is 74.5 cm³/mol. The van der Waals surface area contributed by atoms with Crippen LogP contribution in [0.5, 0.6) is 5.75 Å². The third kappa shape index (κ3) is 4.38. The summed E-state index contributed by atoms with van der Waals surface area (Å²) in [6.45, 7) is 5.05. The lowest BCUT2D eigenvalue weighted by Gasteiger charge is -2.22. The Morgan fingerprint density at radius 3 is 2.76 bits per heavy atom. The molecule has 0 unspecified atom stereocenters. The van der Waals surface area contributed by atoms with Gasteiger partial charge in [0, 0.05) is 0 Å². The van der Waals surface area contributed by atoms with Crippen LogP contribution in [-0.4, -0.2) is 19.7 Å². The third-order valence-electron chi connectivity index (χ3n) is 3.02. The van der Waals surface area contributed by atoms with Gasteiger partial charge in [-0.05, 0) is 56.5 Å². The fourth-order valence-corrected chi connectivity index (χ4v) is 2.15. The van der Waals surface area contributed by atoms with Crippen LogP contribution in [0.1, 0.15) is 18.4 Å². The highest BCUT2D eigenvalue weighted by atomic mass is 35.5. The molecule has 0 aromatic heterocycles. The summed E-state index contributed by atoms with van der Waals surface area (Å²) in [5.41, 5.74) is 1.18. The molecule has 1 heterocycles. The number of hydrogen-bond donors (Lipinski definition) is 1. The van der Waals surface area contributed by atoms with Gasteiger partial charge in [0.25, 0.3) is 0 Å². The van der Waals surface area contributed by atoms with Crippen molar-refractivity contribution in [1.82, 2.24) is 5.32 Å². The maximum Gasteiger partial charge on any atom is 0.138 e. The first kappa shape index (κ1) is 14.6. The Kier molecular flexibility index (Phi) is 6.10. The van der Waals surface area contributed by atoms with Gasteiger partial charge in [-0.1, -0.05) is 17.7 Å². The van der Waals surface area contributed by atoms with Crippen molar-refractivity contribution in [3.63, 3.8) is 0 Å². The van der Waals surface area contributed by atoms with Crippen LogP contribution in [-0.2, 0) is 0 Å². The molecule has 0 spiro atoms. The number of aryl methyl sites for hydroxylation is 1. The minimum absolute atomic E-state index is 0. The monoisotopic (exact) mass is 275 g/mol. The Hall–Kier alpha value is -0.440. The van der Waals surface area contributed by atoms with Gasteiger partial charge in [0.15, 0.2) is 0 Å². The summed E-state index contributed by atoms with van der Waals surface area (Å²) in [5.74, 6) is 1.48. The predicted octanol–water partition coefficient (Wildman–Crippen LogP) is 3.45. The molecule has 0 atom stereocenters. The van der Waals surface area contributed by atoms with Crippen LogP contribution in [0.4, 0.5) is 0 Å². The molecule has 0 amide bonds. The number of benzene rings is 1. The van der Waals surface area contributed by atoms with E-state index < -0.39 is 0 Å². The van der Waals surface area contributed by atoms with E-state index in [9.17, 15) is 0 Å². The minimum atomic E-state index is 0. The van der Waals surface area contributed by atoms with E-state index in [1.807, 2.05) is 25.1 Å². The van der Waals surface area contributed by atoms with Crippen LogP contribution < -0.4 is 10.1 Å². The summed E-state index contributed by atoms with van der Waals surface area (Å²) in [6, 6.07) is 5.90. The summed E-state index contributed by atoms with van der Waals surface area (Å²) < 4.78 is 5.80. The first-order valence-corrected chi connectivity index (χ1v) is 6.23. The molecule has 2 nitrogen and oxygen atoms in total. The highest BCUT2D eigenvalue weighted by Crippen LogP contribution is 2.26. The molecule has 4 heteroatoms. The summed E-state index contributed by atoms with van der Waals surface area (Å²) in [4.78, 5) is 0. The van der Waals surface area contributed by atoms with Gasteiger partial charge in [0.1, 0.15) is 5.75 Å². The number of halogens is 2. The Bertz CT molecular complexity index is 351. The van der Waals surface area contributed by atoms with E-state index in [0.29, 0.717) is 10.9 Å². The lowest BCUT2D eigenvalue weighted by molar-refractivity contribution is 0.215. The molecular formula is C13H19Cl2NO. The maximum atomic E-state index is 6.08. The first-order chi connectivity index (χ1) is 7.75. The molecule has 0 bridgehead atoms. The van der Waals surface area contributed by atoms with Gasteiger partial charge in [-0.3, -0.25) is 0 Å². The molecule has 1 aliphatic rings. The molecule has 1 saturated heterocycles. The largest absolute Gasteiger partial charge is 0.492 e. The fraction of sp³-hybridized carbons (Fsp3) is 0.538. The molecular weight excluding hydrogens is 257 g/mol. The van der Waals surface area contributed by atoms with Gasteiger partial charge in [0.05, 0.1) is 11.6 Å². The number of piperidine rings is 1. The van der Waals surface area contributed by atoms with Crippen molar-refractivity contribution in [3.8, 4) is 5.75 Å². The van der Waals surface area contributed by atoms with Crippen molar-refractivity contribution in [1.29, 1.82) is 0 Å². The quantitative estimate of drug-likeness (QED) is 0.913. The van der Waals surface area contributed by atoms with Gasteiger partial charge in [-0.2, -0.15) is 0 Å². The van der Waals surface area contributed by atoms with Gasteiger partial charge in [0.2, 0.25) is 0 Å². The van der Waals surface area contributed by atoms with Crippen LogP contribution in [0.25, 0.3) is 0 Å². The Morgan fingerprint density at radius 1 is 1.35 bits per heavy atom. The van der Waals surface area contributed by atoms with E-state index in [-0.39, 0.29) is 12.4 Å². The van der Waals surface area contributed by atoms with E-state index in [1.54, 1.807) is 0 Å². The van der Waals surface area contributed by atoms with Crippen molar-refractivity contribution in [2.24, 2.45) is 5.92 Å². The molecule has 1 fully saturated rings. The highest BCUT2D eigenvalue weighted by molar-refractivity contribution is 6.32. The zero-order valence-electron chi connectivity index (χ0n) is 10.0. The summed E-state index contributed by atoms with van der Waals surface area (Å²) in [7, 11) is 0. The van der Waals surface area contributed by atoms with E-state index in [2.05, 4.69) is 5.32 Å². The van der Waals surface area contributed by atoms with Crippen molar-refractivity contribution < 1.29 is 4.74 Å². The summed E-state index contributed by atoms with van der Waals surface area (Å²) in [6.07, 6.45) is 2.40. The second-order valence-electron chi connectivity index (χ2n) is 4.44. The average Bonchev–Trinajstić information content (AvgIpc) is 2.32. The van der Waals surface area contributed by atoms with Crippen molar-refractivity contribution in [3.05, 3.63) is 28.8 Å². The second kappa shape index (κ2) is 7.10. The van der Waals surface area contributed by atoms with Gasteiger partial charge in [-0.15, -0.1) is 12.4 Å². The van der Waals surface area contributed by atoms with E-state index in [0.717, 1.165) is 25.4 Å². The fourth-order valence-electron chi connectivity index (χ4n) is 1.98. The minimum Gasteiger partial charge on any atom is -0.492 e. The highest BCUT2D eigenvalue weighted by Gasteiger charge is 2.14. The molecule has 2 rings (SSSR count). The van der Waals surface area contributed by atoms with Crippen LogP contribution in [0.15, 0.2) is 18.2 Å². The zero-order chi connectivity index (χ0) is 11.4. The number of rotatable bonds is 3. The van der Waals surface area contributed by atoms with Crippen LogP contribution >= 0.6 is 24.0 Å². The van der Waals surface area contributed by atoms with Gasteiger partial charge in [-0.25, -0.2) is 0 Å². The van der Waals surface area contributed by atoms with Crippen molar-refractivity contribution >= 4 is 24.0 Å². The number of hydrogen-bond acceptors (Lipinski definition) is 2. The maximum absolute atomic E-state index is 6.08. The van der Waals surface area contributed by atoms with Crippen LogP contribution in [0.2, 0.25) is 5.02 Å². The molecule has 1 N–H and O–H groups in total. The van der Waals surface area contributed by atoms with E-state index in [1.165, 1.54) is 18.4 Å². The van der Waals surface area contributed by atoms with Gasteiger partial charge >= 0.3 is 0 Å². The molecule has 17 heavy (non-hydrogen) atoms. The first-order valence-electron chi connectivity index (χ1n) is 5.85. The zero-order valence-corrected chi connectivity index (χ0v) is 11.6. The average molecular weight is 276 g/mol. The van der Waals surface area contributed by atoms with Crippen molar-refractivity contribution in [2.45, 2.75) is 19.8 Å². The Morgan fingerprint density at radius 2 is 2.06 bits per heavy atom. The lowest BCUT2D eigenvalue weighted by Crippen LogP contribution is -2.30. The lowest BCUT2D eigenvalue weighted by atomic mass is 9.99. The van der Waals surface area contributed by atoms with Gasteiger partial charge < -0.3 is 10.1 Å². The Labute approximate surface area is 114 Å². The summed E-state index contributed by atoms with van der Waals surface area (Å²) in [5, 5.41) is 4.06. The molecule has 0 radical (unpaired) electrons. The second-order valence-corrected chi connectivity index (χ2v) is 4.85. The van der Waals surface area contributed by atoms with Crippen molar-refractivity contribution in [2.75, 3.05) is 19.7 Å². The standard InChI is InChI=1S/C13H18ClNO.ClH/c1-10-2-3-12(14)13(8-10)16-9-11-4-6-15-7-5-11;/h2-3,8,11,15H,4-7,9H2,1H3;1H. The number of ether oxygens (including phenoxy) is 1. The summed E-state index contributed by atoms with van der Waals surface area (Å²) >= 11 is 6.08. The van der Waals surface area contributed by atoms with Crippen LogP contribution in [0, 0.1) is 12.8 Å².